The van der Waals surface area contributed by atoms with Crippen molar-refractivity contribution in [2.24, 2.45) is 18.4 Å². The van der Waals surface area contributed by atoms with Crippen molar-refractivity contribution >= 4 is 35.0 Å². The maximum absolute atomic E-state index is 12.6. The van der Waals surface area contributed by atoms with Crippen LogP contribution in [0.2, 0.25) is 5.02 Å². The molecule has 4 heterocycles. The smallest absolute Gasteiger partial charge is 0.354 e. The van der Waals surface area contributed by atoms with E-state index in [4.69, 9.17) is 11.6 Å². The lowest BCUT2D eigenvalue weighted by molar-refractivity contribution is -0.160. The first-order chi connectivity index (χ1) is 14.0. The Balaban J connectivity index is 1.46. The minimum atomic E-state index is -4.49. The monoisotopic (exact) mass is 443 g/mol. The van der Waals surface area contributed by atoms with Crippen LogP contribution in [0.25, 0.3) is 0 Å². The van der Waals surface area contributed by atoms with Crippen LogP contribution >= 0.6 is 11.6 Å². The number of likely N-dealkylation sites (tertiary alicyclic amines) is 1. The highest BCUT2D eigenvalue weighted by Gasteiger charge is 2.51. The zero-order valence-electron chi connectivity index (χ0n) is 16.4. The Hall–Kier alpha value is -2.56. The molecule has 0 aliphatic carbocycles. The number of carbonyl (C=O) groups excluding carboxylic acids is 1. The summed E-state index contributed by atoms with van der Waals surface area (Å²) in [5.74, 6) is 0.0941. The summed E-state index contributed by atoms with van der Waals surface area (Å²) in [5.41, 5.74) is 0.404. The molecule has 0 saturated carbocycles. The predicted octanol–water partition coefficient (Wildman–Crippen LogP) is 2.84. The molecule has 2 aromatic rings. The standard InChI is InChI=1S/C18H21ClF3N7O/c1-17-9-28(14(30)3-18(20,21)22)6-11(17)7-29(10-17)15-13(19)5-23-16(26-15)25-12-4-24-27(2)8-12/h4-5,8,11H,3,6-7,9-10H2,1-2H3,(H,23,25,26)/t11-,17+/m0/s1. The highest BCUT2D eigenvalue weighted by atomic mass is 35.5. The number of fused-ring (bicyclic) bond motifs is 1. The number of amides is 1. The van der Waals surface area contributed by atoms with E-state index in [1.165, 1.54) is 11.1 Å². The van der Waals surface area contributed by atoms with Crippen molar-refractivity contribution in [2.45, 2.75) is 19.5 Å². The van der Waals surface area contributed by atoms with Crippen molar-refractivity contribution < 1.29 is 18.0 Å². The first kappa shape index (κ1) is 20.7. The average Bonchev–Trinajstić information content (AvgIpc) is 3.26. The molecule has 2 fully saturated rings. The number of hydrogen-bond donors (Lipinski definition) is 1. The Bertz CT molecular complexity index is 965. The number of carbonyl (C=O) groups is 1. The molecule has 2 aliphatic heterocycles. The maximum Gasteiger partial charge on any atom is 0.397 e. The summed E-state index contributed by atoms with van der Waals surface area (Å²) < 4.78 is 39.4. The Kier molecular flexibility index (Phi) is 5.03. The quantitative estimate of drug-likeness (QED) is 0.782. The fourth-order valence-electron chi connectivity index (χ4n) is 4.23. The van der Waals surface area contributed by atoms with Gasteiger partial charge in [0.15, 0.2) is 5.82 Å². The Morgan fingerprint density at radius 1 is 1.33 bits per heavy atom. The van der Waals surface area contributed by atoms with Gasteiger partial charge in [-0.05, 0) is 0 Å². The van der Waals surface area contributed by atoms with Crippen LogP contribution in [-0.2, 0) is 11.8 Å². The molecule has 162 valence electrons. The zero-order valence-corrected chi connectivity index (χ0v) is 17.2. The third kappa shape index (κ3) is 4.16. The van der Waals surface area contributed by atoms with E-state index in [0.29, 0.717) is 36.4 Å². The van der Waals surface area contributed by atoms with Gasteiger partial charge in [0.25, 0.3) is 0 Å². The van der Waals surface area contributed by atoms with E-state index in [9.17, 15) is 18.0 Å². The number of nitrogens with zero attached hydrogens (tertiary/aromatic N) is 6. The minimum absolute atomic E-state index is 0.0375. The molecule has 2 atom stereocenters. The molecule has 0 aromatic carbocycles. The molecule has 12 heteroatoms. The SMILES string of the molecule is Cn1cc(Nc2ncc(Cl)c(N3C[C@@H]4CN(C(=O)CC(F)(F)F)C[C@]4(C)C3)n2)cn1. The van der Waals surface area contributed by atoms with Gasteiger partial charge in [-0.2, -0.15) is 23.3 Å². The lowest BCUT2D eigenvalue weighted by Gasteiger charge is -2.26. The fourth-order valence-corrected chi connectivity index (χ4v) is 4.44. The lowest BCUT2D eigenvalue weighted by atomic mass is 9.83. The molecular weight excluding hydrogens is 423 g/mol. The van der Waals surface area contributed by atoms with E-state index in [0.717, 1.165) is 5.69 Å². The number of alkyl halides is 3. The topological polar surface area (TPSA) is 79.2 Å². The van der Waals surface area contributed by atoms with Crippen molar-refractivity contribution in [2.75, 3.05) is 36.4 Å². The van der Waals surface area contributed by atoms with Crippen molar-refractivity contribution in [3.63, 3.8) is 0 Å². The number of nitrogens with one attached hydrogen (secondary N) is 1. The Morgan fingerprint density at radius 2 is 2.10 bits per heavy atom. The van der Waals surface area contributed by atoms with Gasteiger partial charge < -0.3 is 15.1 Å². The first-order valence-electron chi connectivity index (χ1n) is 9.40. The summed E-state index contributed by atoms with van der Waals surface area (Å²) in [7, 11) is 1.80. The van der Waals surface area contributed by atoms with E-state index in [1.807, 2.05) is 11.8 Å². The van der Waals surface area contributed by atoms with Gasteiger partial charge in [0, 0.05) is 50.8 Å². The van der Waals surface area contributed by atoms with Gasteiger partial charge in [0.05, 0.1) is 18.1 Å². The fraction of sp³-hybridized carbons (Fsp3) is 0.556. The number of aromatic nitrogens is 4. The molecule has 2 aromatic heterocycles. The van der Waals surface area contributed by atoms with Crippen LogP contribution in [0.1, 0.15) is 13.3 Å². The van der Waals surface area contributed by atoms with Crippen LogP contribution in [0, 0.1) is 11.3 Å². The van der Waals surface area contributed by atoms with Crippen molar-refractivity contribution in [1.82, 2.24) is 24.6 Å². The molecule has 8 nitrogen and oxygen atoms in total. The van der Waals surface area contributed by atoms with Crippen LogP contribution in [-0.4, -0.2) is 62.9 Å². The average molecular weight is 444 g/mol. The summed E-state index contributed by atoms with van der Waals surface area (Å²) in [4.78, 5) is 24.1. The number of rotatable bonds is 4. The van der Waals surface area contributed by atoms with Gasteiger partial charge in [-0.15, -0.1) is 0 Å². The molecule has 0 radical (unpaired) electrons. The molecule has 0 bridgehead atoms. The number of anilines is 3. The van der Waals surface area contributed by atoms with E-state index in [-0.39, 0.29) is 17.9 Å². The summed E-state index contributed by atoms with van der Waals surface area (Å²) in [6.45, 7) is 3.66. The van der Waals surface area contributed by atoms with Gasteiger partial charge >= 0.3 is 6.18 Å². The van der Waals surface area contributed by atoms with E-state index in [2.05, 4.69) is 20.4 Å². The Labute approximate surface area is 176 Å². The van der Waals surface area contributed by atoms with Gasteiger partial charge in [0.1, 0.15) is 11.4 Å². The van der Waals surface area contributed by atoms with Gasteiger partial charge in [-0.3, -0.25) is 9.48 Å². The van der Waals surface area contributed by atoms with Crippen LogP contribution in [0.4, 0.5) is 30.6 Å². The van der Waals surface area contributed by atoms with Gasteiger partial charge in [-0.1, -0.05) is 18.5 Å². The summed E-state index contributed by atoms with van der Waals surface area (Å²) in [6, 6.07) is 0. The van der Waals surface area contributed by atoms with Crippen molar-refractivity contribution in [1.29, 1.82) is 0 Å². The second-order valence-electron chi connectivity index (χ2n) is 8.19. The molecule has 4 rings (SSSR count). The molecule has 30 heavy (non-hydrogen) atoms. The van der Waals surface area contributed by atoms with Crippen LogP contribution in [0.5, 0.6) is 0 Å². The van der Waals surface area contributed by atoms with Crippen LogP contribution in [0.3, 0.4) is 0 Å². The number of halogens is 4. The van der Waals surface area contributed by atoms with Crippen LogP contribution in [0.15, 0.2) is 18.6 Å². The third-order valence-corrected chi connectivity index (χ3v) is 5.93. The van der Waals surface area contributed by atoms with Gasteiger partial charge in [0.2, 0.25) is 11.9 Å². The summed E-state index contributed by atoms with van der Waals surface area (Å²) >= 11 is 6.34. The predicted molar refractivity (Wildman–Crippen MR) is 105 cm³/mol. The molecule has 1 amide bonds. The third-order valence-electron chi connectivity index (χ3n) is 5.66. The highest BCUT2D eigenvalue weighted by Crippen LogP contribution is 2.45. The largest absolute Gasteiger partial charge is 0.397 e. The maximum atomic E-state index is 12.6. The summed E-state index contributed by atoms with van der Waals surface area (Å²) in [5, 5.41) is 7.54. The van der Waals surface area contributed by atoms with Crippen LogP contribution < -0.4 is 10.2 Å². The lowest BCUT2D eigenvalue weighted by Crippen LogP contribution is -2.37. The molecule has 0 unspecified atom stereocenters. The number of aryl methyl sites for hydroxylation is 1. The molecule has 0 spiro atoms. The molecule has 2 saturated heterocycles. The summed E-state index contributed by atoms with van der Waals surface area (Å²) in [6.07, 6.45) is -0.969. The van der Waals surface area contributed by atoms with Crippen molar-refractivity contribution in [3.8, 4) is 0 Å². The zero-order chi connectivity index (χ0) is 21.7. The normalized spacial score (nSPS) is 23.7. The molecular formula is C18H21ClF3N7O. The molecule has 2 aliphatic rings. The van der Waals surface area contributed by atoms with Crippen molar-refractivity contribution in [3.05, 3.63) is 23.6 Å². The molecule has 1 N–H and O–H groups in total. The van der Waals surface area contributed by atoms with E-state index < -0.39 is 18.5 Å². The second-order valence-corrected chi connectivity index (χ2v) is 8.60. The minimum Gasteiger partial charge on any atom is -0.354 e. The van der Waals surface area contributed by atoms with Gasteiger partial charge in [-0.25, -0.2) is 4.98 Å². The number of hydrogen-bond acceptors (Lipinski definition) is 6. The van der Waals surface area contributed by atoms with E-state index in [1.54, 1.807) is 24.1 Å². The first-order valence-corrected chi connectivity index (χ1v) is 9.78. The highest BCUT2D eigenvalue weighted by molar-refractivity contribution is 6.32. The second kappa shape index (κ2) is 7.29. The van der Waals surface area contributed by atoms with E-state index >= 15 is 0 Å². The Morgan fingerprint density at radius 3 is 2.73 bits per heavy atom.